The van der Waals surface area contributed by atoms with Crippen molar-refractivity contribution in [3.05, 3.63) is 29.6 Å². The Bertz CT molecular complexity index is 543. The van der Waals surface area contributed by atoms with Gasteiger partial charge in [-0.2, -0.15) is 0 Å². The van der Waals surface area contributed by atoms with Gasteiger partial charge in [0.25, 0.3) is 0 Å². The van der Waals surface area contributed by atoms with Crippen molar-refractivity contribution < 1.29 is 4.74 Å². The Morgan fingerprint density at radius 2 is 2.18 bits per heavy atom. The second kappa shape index (κ2) is 4.04. The third-order valence-electron chi connectivity index (χ3n) is 3.10. The summed E-state index contributed by atoms with van der Waals surface area (Å²) in [5, 5.41) is 0. The van der Waals surface area contributed by atoms with Gasteiger partial charge in [0.15, 0.2) is 0 Å². The predicted molar refractivity (Wildman–Crippen MR) is 69.1 cm³/mol. The fraction of sp³-hybridized carbons (Fsp3) is 0.462. The lowest BCUT2D eigenvalue weighted by Gasteiger charge is -2.21. The third kappa shape index (κ3) is 2.13. The van der Waals surface area contributed by atoms with Crippen LogP contribution >= 0.6 is 0 Å². The normalized spacial score (nSPS) is 12.2. The summed E-state index contributed by atoms with van der Waals surface area (Å²) < 4.78 is 7.35. The molecular formula is C13H19N3O. The number of fused-ring (bicyclic) bond motifs is 1. The van der Waals surface area contributed by atoms with Gasteiger partial charge in [-0.15, -0.1) is 0 Å². The molecule has 0 saturated carbocycles. The molecule has 0 atom stereocenters. The molecule has 0 saturated heterocycles. The lowest BCUT2D eigenvalue weighted by molar-refractivity contribution is 0.0226. The Morgan fingerprint density at radius 3 is 2.76 bits per heavy atom. The number of hydrogen-bond donors (Lipinski definition) is 1. The maximum Gasteiger partial charge on any atom is 0.141 e. The van der Waals surface area contributed by atoms with Crippen molar-refractivity contribution in [2.75, 3.05) is 12.8 Å². The third-order valence-corrected chi connectivity index (χ3v) is 3.10. The molecule has 0 amide bonds. The highest BCUT2D eigenvalue weighted by Gasteiger charge is 2.21. The van der Waals surface area contributed by atoms with Crippen molar-refractivity contribution in [3.63, 3.8) is 0 Å². The van der Waals surface area contributed by atoms with Gasteiger partial charge in [0, 0.05) is 19.7 Å². The molecule has 2 aromatic rings. The minimum atomic E-state index is -0.250. The molecule has 0 aromatic carbocycles. The summed E-state index contributed by atoms with van der Waals surface area (Å²) in [7, 11) is 1.71. The summed E-state index contributed by atoms with van der Waals surface area (Å²) >= 11 is 0. The minimum Gasteiger partial charge on any atom is -0.383 e. The number of methoxy groups -OCH3 is 1. The molecule has 4 nitrogen and oxygen atoms in total. The summed E-state index contributed by atoms with van der Waals surface area (Å²) in [5.41, 5.74) is 8.81. The fourth-order valence-corrected chi connectivity index (χ4v) is 1.87. The molecule has 0 radical (unpaired) electrons. The summed E-state index contributed by atoms with van der Waals surface area (Å²) in [6.45, 7) is 6.10. The first-order chi connectivity index (χ1) is 7.94. The molecule has 17 heavy (non-hydrogen) atoms. The molecule has 4 heteroatoms. The van der Waals surface area contributed by atoms with E-state index in [0.29, 0.717) is 12.2 Å². The molecule has 0 aliphatic rings. The average molecular weight is 233 g/mol. The average Bonchev–Trinajstić information content (AvgIpc) is 2.58. The second-order valence-electron chi connectivity index (χ2n) is 4.97. The molecule has 0 fully saturated rings. The highest BCUT2D eigenvalue weighted by atomic mass is 16.5. The largest absolute Gasteiger partial charge is 0.383 e. The highest BCUT2D eigenvalue weighted by Crippen LogP contribution is 2.23. The number of anilines is 1. The van der Waals surface area contributed by atoms with Gasteiger partial charge in [0.1, 0.15) is 11.5 Å². The van der Waals surface area contributed by atoms with Gasteiger partial charge in [-0.25, -0.2) is 4.98 Å². The van der Waals surface area contributed by atoms with Crippen LogP contribution in [0.3, 0.4) is 0 Å². The standard InChI is InChI=1S/C13H19N3O/c1-9-6-5-7-16-11(14)10(15-12(9)16)8-13(2,3)17-4/h5-7H,8,14H2,1-4H3. The van der Waals surface area contributed by atoms with Crippen LogP contribution in [0.4, 0.5) is 5.82 Å². The zero-order valence-electron chi connectivity index (χ0n) is 10.8. The first kappa shape index (κ1) is 11.9. The molecule has 2 heterocycles. The molecule has 2 N–H and O–H groups in total. The van der Waals surface area contributed by atoms with Gasteiger partial charge in [-0.05, 0) is 32.4 Å². The summed E-state index contributed by atoms with van der Waals surface area (Å²) in [6.07, 6.45) is 2.64. The van der Waals surface area contributed by atoms with E-state index in [1.807, 2.05) is 43.5 Å². The number of nitrogens with zero attached hydrogens (tertiary/aromatic N) is 2. The molecule has 0 spiro atoms. The van der Waals surface area contributed by atoms with E-state index >= 15 is 0 Å². The number of aromatic nitrogens is 2. The van der Waals surface area contributed by atoms with Gasteiger partial charge in [0.05, 0.1) is 11.3 Å². The van der Waals surface area contributed by atoms with Crippen molar-refractivity contribution >= 4 is 11.5 Å². The Morgan fingerprint density at radius 1 is 1.47 bits per heavy atom. The van der Waals surface area contributed by atoms with Crippen LogP contribution in [0.25, 0.3) is 5.65 Å². The number of nitrogens with two attached hydrogens (primary N) is 1. The Balaban J connectivity index is 2.49. The van der Waals surface area contributed by atoms with Crippen LogP contribution in [-0.2, 0) is 11.2 Å². The SMILES string of the molecule is COC(C)(C)Cc1nc2c(C)cccn2c1N. The van der Waals surface area contributed by atoms with Crippen molar-refractivity contribution in [2.24, 2.45) is 0 Å². The zero-order chi connectivity index (χ0) is 12.6. The topological polar surface area (TPSA) is 52.5 Å². The van der Waals surface area contributed by atoms with Gasteiger partial charge in [-0.1, -0.05) is 6.07 Å². The molecule has 0 aliphatic carbocycles. The lowest BCUT2D eigenvalue weighted by Crippen LogP contribution is -2.26. The number of imidazole rings is 1. The molecule has 0 unspecified atom stereocenters. The van der Waals surface area contributed by atoms with E-state index in [-0.39, 0.29) is 5.60 Å². The number of aryl methyl sites for hydroxylation is 1. The van der Waals surface area contributed by atoms with Crippen LogP contribution < -0.4 is 5.73 Å². The second-order valence-corrected chi connectivity index (χ2v) is 4.97. The lowest BCUT2D eigenvalue weighted by atomic mass is 10.0. The van der Waals surface area contributed by atoms with Gasteiger partial charge in [0.2, 0.25) is 0 Å². The van der Waals surface area contributed by atoms with Crippen LogP contribution in [0.15, 0.2) is 18.3 Å². The van der Waals surface area contributed by atoms with E-state index in [2.05, 4.69) is 4.98 Å². The molecule has 2 rings (SSSR count). The van der Waals surface area contributed by atoms with Gasteiger partial charge in [-0.3, -0.25) is 4.40 Å². The summed E-state index contributed by atoms with van der Waals surface area (Å²) in [6, 6.07) is 4.01. The quantitative estimate of drug-likeness (QED) is 0.884. The Hall–Kier alpha value is -1.55. The van der Waals surface area contributed by atoms with Crippen LogP contribution in [-0.4, -0.2) is 22.1 Å². The van der Waals surface area contributed by atoms with Crippen molar-refractivity contribution in [2.45, 2.75) is 32.8 Å². The van der Waals surface area contributed by atoms with E-state index in [4.69, 9.17) is 10.5 Å². The number of hydrogen-bond acceptors (Lipinski definition) is 3. The minimum absolute atomic E-state index is 0.250. The molecule has 2 aromatic heterocycles. The van der Waals surface area contributed by atoms with Crippen molar-refractivity contribution in [3.8, 4) is 0 Å². The maximum atomic E-state index is 6.11. The smallest absolute Gasteiger partial charge is 0.141 e. The summed E-state index contributed by atoms with van der Waals surface area (Å²) in [5.74, 6) is 0.703. The first-order valence-electron chi connectivity index (χ1n) is 5.72. The molecule has 92 valence electrons. The fourth-order valence-electron chi connectivity index (χ4n) is 1.87. The highest BCUT2D eigenvalue weighted by molar-refractivity contribution is 5.57. The van der Waals surface area contributed by atoms with E-state index in [0.717, 1.165) is 16.9 Å². The number of rotatable bonds is 3. The van der Waals surface area contributed by atoms with Crippen molar-refractivity contribution in [1.82, 2.24) is 9.38 Å². The monoisotopic (exact) mass is 233 g/mol. The molecular weight excluding hydrogens is 214 g/mol. The predicted octanol–water partition coefficient (Wildman–Crippen LogP) is 2.19. The number of ether oxygens (including phenoxy) is 1. The van der Waals surface area contributed by atoms with Gasteiger partial charge < -0.3 is 10.5 Å². The number of pyridine rings is 1. The van der Waals surface area contributed by atoms with Crippen LogP contribution in [0.2, 0.25) is 0 Å². The van der Waals surface area contributed by atoms with Crippen LogP contribution in [0, 0.1) is 6.92 Å². The Labute approximate surface area is 101 Å². The Kier molecular flexibility index (Phi) is 2.83. The van der Waals surface area contributed by atoms with E-state index in [1.165, 1.54) is 0 Å². The van der Waals surface area contributed by atoms with Crippen molar-refractivity contribution in [1.29, 1.82) is 0 Å². The maximum absolute atomic E-state index is 6.11. The number of nitrogen functional groups attached to an aromatic ring is 1. The van der Waals surface area contributed by atoms with E-state index in [9.17, 15) is 0 Å². The zero-order valence-corrected chi connectivity index (χ0v) is 10.8. The summed E-state index contributed by atoms with van der Waals surface area (Å²) in [4.78, 5) is 4.60. The molecule has 0 aliphatic heterocycles. The van der Waals surface area contributed by atoms with Crippen LogP contribution in [0.1, 0.15) is 25.1 Å². The van der Waals surface area contributed by atoms with E-state index < -0.39 is 0 Å². The van der Waals surface area contributed by atoms with E-state index in [1.54, 1.807) is 7.11 Å². The molecule has 0 bridgehead atoms. The first-order valence-corrected chi connectivity index (χ1v) is 5.72. The van der Waals surface area contributed by atoms with Crippen LogP contribution in [0.5, 0.6) is 0 Å². The van der Waals surface area contributed by atoms with Gasteiger partial charge >= 0.3 is 0 Å².